The highest BCUT2D eigenvalue weighted by molar-refractivity contribution is 7.10. The normalized spacial score (nSPS) is 15.3. The topological polar surface area (TPSA) is 115 Å². The van der Waals surface area contributed by atoms with Gasteiger partial charge in [-0.1, -0.05) is 6.07 Å². The number of allylic oxidation sites excluding steroid dienone is 1. The number of aromatic nitrogens is 2. The molecule has 0 radical (unpaired) electrons. The number of thiophene rings is 1. The van der Waals surface area contributed by atoms with Crippen molar-refractivity contribution in [3.8, 4) is 40.5 Å². The monoisotopic (exact) mass is 410 g/mol. The summed E-state index contributed by atoms with van der Waals surface area (Å²) in [6.07, 6.45) is 0. The molecule has 1 aliphatic heterocycles. The van der Waals surface area contributed by atoms with Crippen molar-refractivity contribution in [2.75, 3.05) is 21.3 Å². The summed E-state index contributed by atoms with van der Waals surface area (Å²) >= 11 is 1.54. The van der Waals surface area contributed by atoms with Crippen molar-refractivity contribution < 1.29 is 18.9 Å². The van der Waals surface area contributed by atoms with Crippen LogP contribution in [0.1, 0.15) is 16.4 Å². The molecule has 0 fully saturated rings. The molecule has 8 nitrogen and oxygen atoms in total. The molecule has 0 amide bonds. The van der Waals surface area contributed by atoms with E-state index >= 15 is 0 Å². The third-order valence-electron chi connectivity index (χ3n) is 4.72. The van der Waals surface area contributed by atoms with Crippen LogP contribution in [0.3, 0.4) is 0 Å². The number of H-pyrrole nitrogens is 1. The van der Waals surface area contributed by atoms with E-state index in [1.54, 1.807) is 21.3 Å². The van der Waals surface area contributed by atoms with Crippen molar-refractivity contribution in [3.63, 3.8) is 0 Å². The molecule has 3 heterocycles. The zero-order valence-electron chi connectivity index (χ0n) is 16.0. The van der Waals surface area contributed by atoms with Gasteiger partial charge in [0.2, 0.25) is 17.5 Å². The molecule has 3 N–H and O–H groups in total. The third-order valence-corrected chi connectivity index (χ3v) is 5.66. The van der Waals surface area contributed by atoms with Gasteiger partial charge < -0.3 is 24.7 Å². The summed E-state index contributed by atoms with van der Waals surface area (Å²) < 4.78 is 22.0. The second kappa shape index (κ2) is 7.41. The number of fused-ring (bicyclic) bond motifs is 1. The minimum atomic E-state index is -0.392. The minimum Gasteiger partial charge on any atom is -0.493 e. The van der Waals surface area contributed by atoms with Gasteiger partial charge in [0.15, 0.2) is 11.5 Å². The van der Waals surface area contributed by atoms with Gasteiger partial charge in [-0.2, -0.15) is 5.26 Å². The predicted octanol–water partition coefficient (Wildman–Crippen LogP) is 3.38. The predicted molar refractivity (Wildman–Crippen MR) is 107 cm³/mol. The highest BCUT2D eigenvalue weighted by Crippen LogP contribution is 2.49. The number of nitriles is 1. The zero-order chi connectivity index (χ0) is 20.5. The largest absolute Gasteiger partial charge is 0.493 e. The van der Waals surface area contributed by atoms with Crippen LogP contribution in [0.15, 0.2) is 41.1 Å². The van der Waals surface area contributed by atoms with Gasteiger partial charge in [0.25, 0.3) is 0 Å². The first-order chi connectivity index (χ1) is 14.1. The Morgan fingerprint density at radius 2 is 1.93 bits per heavy atom. The van der Waals surface area contributed by atoms with Crippen molar-refractivity contribution in [3.05, 3.63) is 51.5 Å². The lowest BCUT2D eigenvalue weighted by molar-refractivity contribution is 0.324. The molecular formula is C20H18N4O4S. The van der Waals surface area contributed by atoms with E-state index in [4.69, 9.17) is 24.7 Å². The van der Waals surface area contributed by atoms with Crippen LogP contribution in [-0.2, 0) is 0 Å². The number of aromatic amines is 1. The van der Waals surface area contributed by atoms with Crippen LogP contribution < -0.4 is 24.7 Å². The summed E-state index contributed by atoms with van der Waals surface area (Å²) in [6.45, 7) is 0. The molecule has 0 aliphatic carbocycles. The van der Waals surface area contributed by atoms with Crippen molar-refractivity contribution >= 4 is 11.3 Å². The summed E-state index contributed by atoms with van der Waals surface area (Å²) in [4.78, 5) is 0.962. The fourth-order valence-corrected chi connectivity index (χ4v) is 4.27. The van der Waals surface area contributed by atoms with Crippen LogP contribution in [0.5, 0.6) is 23.1 Å². The molecule has 0 saturated carbocycles. The zero-order valence-corrected chi connectivity index (χ0v) is 16.8. The van der Waals surface area contributed by atoms with E-state index in [0.29, 0.717) is 34.4 Å². The maximum atomic E-state index is 9.74. The quantitative estimate of drug-likeness (QED) is 0.662. The standard InChI is InChI=1S/C20H18N4O4S/c1-25-12-7-10(8-13(26-2)18(12)27-3)17-16-15(14-5-4-6-29-14)11(9-21)19(22)28-20(16)24-23-17/h4-8,15H,22H2,1-3H3,(H,23,24)/t15-/m1/s1. The second-order valence-electron chi connectivity index (χ2n) is 6.17. The van der Waals surface area contributed by atoms with Gasteiger partial charge in [0.1, 0.15) is 11.6 Å². The van der Waals surface area contributed by atoms with Crippen molar-refractivity contribution in [1.82, 2.24) is 10.2 Å². The van der Waals surface area contributed by atoms with Gasteiger partial charge >= 0.3 is 0 Å². The molecule has 3 aromatic rings. The number of nitrogens with zero attached hydrogens (tertiary/aromatic N) is 2. The highest BCUT2D eigenvalue weighted by Gasteiger charge is 2.36. The van der Waals surface area contributed by atoms with Gasteiger partial charge in [-0.25, -0.2) is 0 Å². The van der Waals surface area contributed by atoms with Crippen molar-refractivity contribution in [1.29, 1.82) is 5.26 Å². The molecule has 29 heavy (non-hydrogen) atoms. The summed E-state index contributed by atoms with van der Waals surface area (Å²) in [7, 11) is 4.65. The molecule has 4 rings (SSSR count). The number of nitrogens with one attached hydrogen (secondary N) is 1. The summed E-state index contributed by atoms with van der Waals surface area (Å²) in [5.74, 6) is 1.50. The van der Waals surface area contributed by atoms with Gasteiger partial charge in [-0.05, 0) is 23.6 Å². The van der Waals surface area contributed by atoms with Crippen LogP contribution in [0, 0.1) is 11.3 Å². The fraction of sp³-hybridized carbons (Fsp3) is 0.200. The Hall–Kier alpha value is -3.64. The fourth-order valence-electron chi connectivity index (χ4n) is 3.43. The van der Waals surface area contributed by atoms with E-state index in [-0.39, 0.29) is 5.88 Å². The maximum absolute atomic E-state index is 9.74. The first-order valence-electron chi connectivity index (χ1n) is 8.62. The van der Waals surface area contributed by atoms with Gasteiger partial charge in [-0.3, -0.25) is 5.10 Å². The van der Waals surface area contributed by atoms with E-state index in [2.05, 4.69) is 16.3 Å². The Labute approximate surface area is 171 Å². The molecule has 0 saturated heterocycles. The van der Waals surface area contributed by atoms with Crippen LogP contribution >= 0.6 is 11.3 Å². The highest BCUT2D eigenvalue weighted by atomic mass is 32.1. The number of nitrogens with two attached hydrogens (primary N) is 1. The first kappa shape index (κ1) is 18.7. The number of methoxy groups -OCH3 is 3. The van der Waals surface area contributed by atoms with E-state index < -0.39 is 5.92 Å². The lowest BCUT2D eigenvalue weighted by Crippen LogP contribution is -2.20. The second-order valence-corrected chi connectivity index (χ2v) is 7.15. The van der Waals surface area contributed by atoms with Crippen LogP contribution in [0.2, 0.25) is 0 Å². The number of rotatable bonds is 5. The SMILES string of the molecule is COc1cc(-c2[nH]nc3c2[C@@H](c2cccs2)C(C#N)=C(N)O3)cc(OC)c1OC. The lowest BCUT2D eigenvalue weighted by Gasteiger charge is -2.23. The van der Waals surface area contributed by atoms with E-state index in [9.17, 15) is 5.26 Å². The average molecular weight is 410 g/mol. The van der Waals surface area contributed by atoms with Crippen molar-refractivity contribution in [2.24, 2.45) is 5.73 Å². The smallest absolute Gasteiger partial charge is 0.244 e. The maximum Gasteiger partial charge on any atom is 0.244 e. The molecule has 1 atom stereocenters. The van der Waals surface area contributed by atoms with E-state index in [1.807, 2.05) is 29.6 Å². The molecule has 0 unspecified atom stereocenters. The van der Waals surface area contributed by atoms with E-state index in [0.717, 1.165) is 16.0 Å². The summed E-state index contributed by atoms with van der Waals surface area (Å²) in [6, 6.07) is 9.71. The Kier molecular flexibility index (Phi) is 4.78. The van der Waals surface area contributed by atoms with E-state index in [1.165, 1.54) is 11.3 Å². The Bertz CT molecular complexity index is 1100. The molecule has 1 aliphatic rings. The molecule has 148 valence electrons. The van der Waals surface area contributed by atoms with Crippen LogP contribution in [0.4, 0.5) is 0 Å². The van der Waals surface area contributed by atoms with Gasteiger partial charge in [0.05, 0.1) is 38.5 Å². The Morgan fingerprint density at radius 3 is 2.48 bits per heavy atom. The van der Waals surface area contributed by atoms with Gasteiger partial charge in [0, 0.05) is 10.4 Å². The molecule has 0 bridgehead atoms. The van der Waals surface area contributed by atoms with Gasteiger partial charge in [-0.15, -0.1) is 16.4 Å². The number of ether oxygens (including phenoxy) is 4. The van der Waals surface area contributed by atoms with Crippen molar-refractivity contribution in [2.45, 2.75) is 5.92 Å². The summed E-state index contributed by atoms with van der Waals surface area (Å²) in [5.41, 5.74) is 8.50. The number of hydrogen-bond acceptors (Lipinski definition) is 8. The minimum absolute atomic E-state index is 0.0568. The lowest BCUT2D eigenvalue weighted by atomic mass is 9.87. The third kappa shape index (κ3) is 2.94. The molecule has 1 aromatic carbocycles. The average Bonchev–Trinajstić information content (AvgIpc) is 3.41. The molecule has 9 heteroatoms. The Balaban J connectivity index is 1.95. The molecule has 0 spiro atoms. The summed E-state index contributed by atoms with van der Waals surface area (Å²) in [5, 5.41) is 19.0. The number of benzene rings is 1. The molecular weight excluding hydrogens is 392 g/mol. The Morgan fingerprint density at radius 1 is 1.21 bits per heavy atom. The number of hydrogen-bond donors (Lipinski definition) is 2. The van der Waals surface area contributed by atoms with Crippen LogP contribution in [-0.4, -0.2) is 31.5 Å². The van der Waals surface area contributed by atoms with Crippen LogP contribution in [0.25, 0.3) is 11.3 Å². The molecule has 2 aromatic heterocycles. The first-order valence-corrected chi connectivity index (χ1v) is 9.50.